The van der Waals surface area contributed by atoms with Crippen molar-refractivity contribution in [1.29, 1.82) is 0 Å². The highest BCUT2D eigenvalue weighted by atomic mass is 32.2. The summed E-state index contributed by atoms with van der Waals surface area (Å²) in [5.41, 5.74) is -2.77. The first-order chi connectivity index (χ1) is 14.0. The van der Waals surface area contributed by atoms with Crippen molar-refractivity contribution in [2.45, 2.75) is 29.9 Å². The smallest absolute Gasteiger partial charge is 0.275 e. The molecule has 30 heavy (non-hydrogen) atoms. The van der Waals surface area contributed by atoms with Gasteiger partial charge >= 0.3 is 0 Å². The Morgan fingerprint density at radius 2 is 2.00 bits per heavy atom. The zero-order valence-electron chi connectivity index (χ0n) is 15.8. The van der Waals surface area contributed by atoms with Gasteiger partial charge in [0, 0.05) is 37.5 Å². The second kappa shape index (κ2) is 8.02. The molecule has 0 saturated heterocycles. The van der Waals surface area contributed by atoms with Crippen LogP contribution in [0.3, 0.4) is 0 Å². The van der Waals surface area contributed by atoms with Gasteiger partial charge in [0.15, 0.2) is 17.5 Å². The van der Waals surface area contributed by atoms with Crippen LogP contribution in [0.2, 0.25) is 0 Å². The number of halogens is 3. The SMILES string of the molecule is Cn1cc(S(=O)(=O)N[C@]2(O)CCC[C@@H]2CO)c(F)c1C(=O)Nc1ccc(F)c(F)c1. The number of aliphatic hydroxyl groups excluding tert-OH is 1. The number of sulfonamides is 1. The molecule has 1 amide bonds. The molecule has 0 radical (unpaired) electrons. The first-order valence-corrected chi connectivity index (χ1v) is 10.5. The Kier molecular flexibility index (Phi) is 5.96. The summed E-state index contributed by atoms with van der Waals surface area (Å²) in [7, 11) is -3.37. The van der Waals surface area contributed by atoms with Crippen LogP contribution in [0.25, 0.3) is 0 Å². The van der Waals surface area contributed by atoms with Crippen molar-refractivity contribution in [3.8, 4) is 0 Å². The number of benzene rings is 1. The van der Waals surface area contributed by atoms with Gasteiger partial charge in [0.25, 0.3) is 5.91 Å². The summed E-state index contributed by atoms with van der Waals surface area (Å²) in [5, 5.41) is 22.1. The molecule has 1 aliphatic rings. The first-order valence-electron chi connectivity index (χ1n) is 8.97. The van der Waals surface area contributed by atoms with Gasteiger partial charge in [-0.3, -0.25) is 4.79 Å². The molecule has 2 atom stereocenters. The molecule has 0 spiro atoms. The number of nitrogens with one attached hydrogen (secondary N) is 2. The van der Waals surface area contributed by atoms with E-state index >= 15 is 0 Å². The van der Waals surface area contributed by atoms with Gasteiger partial charge in [0.05, 0.1) is 0 Å². The summed E-state index contributed by atoms with van der Waals surface area (Å²) in [5.74, 6) is -5.59. The van der Waals surface area contributed by atoms with Crippen LogP contribution in [0.1, 0.15) is 29.8 Å². The van der Waals surface area contributed by atoms with Crippen molar-refractivity contribution in [2.24, 2.45) is 13.0 Å². The maximum atomic E-state index is 14.9. The van der Waals surface area contributed by atoms with Crippen molar-refractivity contribution < 1.29 is 36.6 Å². The molecular formula is C18H20F3N3O5S. The molecule has 0 aliphatic heterocycles. The molecule has 1 fully saturated rings. The quantitative estimate of drug-likeness (QED) is 0.500. The lowest BCUT2D eigenvalue weighted by Crippen LogP contribution is -2.52. The van der Waals surface area contributed by atoms with Crippen LogP contribution in [0.5, 0.6) is 0 Å². The van der Waals surface area contributed by atoms with E-state index in [4.69, 9.17) is 0 Å². The number of aryl methyl sites for hydroxylation is 1. The molecular weight excluding hydrogens is 427 g/mol. The van der Waals surface area contributed by atoms with Gasteiger partial charge in [0.2, 0.25) is 10.0 Å². The minimum atomic E-state index is -4.59. The highest BCUT2D eigenvalue weighted by Crippen LogP contribution is 2.35. The molecule has 164 valence electrons. The highest BCUT2D eigenvalue weighted by Gasteiger charge is 2.45. The van der Waals surface area contributed by atoms with Crippen LogP contribution in [-0.4, -0.2) is 41.4 Å². The largest absolute Gasteiger partial charge is 0.396 e. The van der Waals surface area contributed by atoms with E-state index in [1.165, 1.54) is 7.05 Å². The van der Waals surface area contributed by atoms with Gasteiger partial charge in [-0.2, -0.15) is 4.72 Å². The normalized spacial score (nSPS) is 21.7. The molecule has 2 aromatic rings. The van der Waals surface area contributed by atoms with Crippen LogP contribution >= 0.6 is 0 Å². The van der Waals surface area contributed by atoms with Gasteiger partial charge in [-0.25, -0.2) is 21.6 Å². The highest BCUT2D eigenvalue weighted by molar-refractivity contribution is 7.89. The molecule has 0 unspecified atom stereocenters. The molecule has 1 heterocycles. The fraction of sp³-hybridized carbons (Fsp3) is 0.389. The summed E-state index contributed by atoms with van der Waals surface area (Å²) >= 11 is 0. The first kappa shape index (κ1) is 22.3. The number of anilines is 1. The average Bonchev–Trinajstić information content (AvgIpc) is 3.16. The fourth-order valence-electron chi connectivity index (χ4n) is 3.51. The standard InChI is InChI=1S/C18H20F3N3O5S/c1-24-8-14(30(28,29)23-18(27)6-2-3-10(18)9-25)15(21)16(24)17(26)22-11-4-5-12(19)13(20)7-11/h4-5,7-8,10,23,25,27H,2-3,6,9H2,1H3,(H,22,26)/t10-,18+/m1/s1. The second-order valence-corrected chi connectivity index (χ2v) is 8.80. The fourth-order valence-corrected chi connectivity index (χ4v) is 4.98. The minimum Gasteiger partial charge on any atom is -0.396 e. The molecule has 0 bridgehead atoms. The van der Waals surface area contributed by atoms with Gasteiger partial charge in [-0.1, -0.05) is 0 Å². The van der Waals surface area contributed by atoms with Crippen LogP contribution in [0.4, 0.5) is 18.9 Å². The van der Waals surface area contributed by atoms with Crippen LogP contribution in [0, 0.1) is 23.4 Å². The van der Waals surface area contributed by atoms with Crippen molar-refractivity contribution in [2.75, 3.05) is 11.9 Å². The Labute approximate surface area is 170 Å². The average molecular weight is 447 g/mol. The van der Waals surface area contributed by atoms with Gasteiger partial charge in [-0.15, -0.1) is 0 Å². The van der Waals surface area contributed by atoms with Crippen molar-refractivity contribution in [1.82, 2.24) is 9.29 Å². The van der Waals surface area contributed by atoms with E-state index in [0.29, 0.717) is 18.9 Å². The summed E-state index contributed by atoms with van der Waals surface area (Å²) in [6.07, 6.45) is 1.73. The number of carbonyl (C=O) groups excluding carboxylic acids is 1. The third-order valence-electron chi connectivity index (χ3n) is 5.09. The Bertz CT molecular complexity index is 1090. The van der Waals surface area contributed by atoms with E-state index in [9.17, 15) is 36.6 Å². The number of nitrogens with zero attached hydrogens (tertiary/aromatic N) is 1. The molecule has 8 nitrogen and oxygen atoms in total. The summed E-state index contributed by atoms with van der Waals surface area (Å²) in [4.78, 5) is 11.5. The monoisotopic (exact) mass is 447 g/mol. The third kappa shape index (κ3) is 4.08. The lowest BCUT2D eigenvalue weighted by Gasteiger charge is -2.29. The number of hydrogen-bond donors (Lipinski definition) is 4. The Morgan fingerprint density at radius 1 is 1.30 bits per heavy atom. The topological polar surface area (TPSA) is 121 Å². The lowest BCUT2D eigenvalue weighted by molar-refractivity contribution is -0.0279. The maximum Gasteiger partial charge on any atom is 0.275 e. The van der Waals surface area contributed by atoms with Gasteiger partial charge in [0.1, 0.15) is 16.3 Å². The Balaban J connectivity index is 1.89. The minimum absolute atomic E-state index is 0.0371. The van der Waals surface area contributed by atoms with Crippen molar-refractivity contribution >= 4 is 21.6 Å². The van der Waals surface area contributed by atoms with E-state index in [1.807, 2.05) is 4.72 Å². The molecule has 1 aromatic carbocycles. The lowest BCUT2D eigenvalue weighted by atomic mass is 10.0. The predicted octanol–water partition coefficient (Wildman–Crippen LogP) is 1.45. The number of rotatable bonds is 6. The molecule has 1 saturated carbocycles. The molecule has 4 N–H and O–H groups in total. The number of carbonyl (C=O) groups is 1. The van der Waals surface area contributed by atoms with E-state index in [2.05, 4.69) is 5.32 Å². The number of amides is 1. The molecule has 1 aliphatic carbocycles. The van der Waals surface area contributed by atoms with Gasteiger partial charge in [-0.05, 0) is 31.4 Å². The van der Waals surface area contributed by atoms with Crippen LogP contribution in [-0.2, 0) is 17.1 Å². The summed E-state index contributed by atoms with van der Waals surface area (Å²) < 4.78 is 69.5. The van der Waals surface area contributed by atoms with Gasteiger partial charge < -0.3 is 20.1 Å². The predicted molar refractivity (Wildman–Crippen MR) is 99.4 cm³/mol. The zero-order valence-corrected chi connectivity index (χ0v) is 16.6. The summed E-state index contributed by atoms with van der Waals surface area (Å²) in [6, 6.07) is 2.52. The maximum absolute atomic E-state index is 14.9. The second-order valence-electron chi connectivity index (χ2n) is 7.15. The van der Waals surface area contributed by atoms with Crippen molar-refractivity contribution in [3.05, 3.63) is 47.5 Å². The van der Waals surface area contributed by atoms with E-state index in [0.717, 1.165) is 22.9 Å². The summed E-state index contributed by atoms with van der Waals surface area (Å²) in [6.45, 7) is -0.460. The number of hydrogen-bond acceptors (Lipinski definition) is 5. The van der Waals surface area contributed by atoms with E-state index < -0.39 is 62.2 Å². The number of aliphatic hydroxyl groups is 2. The number of aromatic nitrogens is 1. The van der Waals surface area contributed by atoms with Crippen molar-refractivity contribution in [3.63, 3.8) is 0 Å². The van der Waals surface area contributed by atoms with E-state index in [1.54, 1.807) is 0 Å². The van der Waals surface area contributed by atoms with Crippen LogP contribution in [0.15, 0.2) is 29.3 Å². The van der Waals surface area contributed by atoms with Crippen LogP contribution < -0.4 is 10.0 Å². The molecule has 3 rings (SSSR count). The Morgan fingerprint density at radius 3 is 2.63 bits per heavy atom. The van der Waals surface area contributed by atoms with E-state index in [-0.39, 0.29) is 12.1 Å². The Hall–Kier alpha value is -2.41. The molecule has 12 heteroatoms. The zero-order chi connectivity index (χ0) is 22.3. The molecule has 1 aromatic heterocycles. The third-order valence-corrected chi connectivity index (χ3v) is 6.57.